The van der Waals surface area contributed by atoms with Gasteiger partial charge in [0.2, 0.25) is 0 Å². The van der Waals surface area contributed by atoms with Crippen LogP contribution in [-0.2, 0) is 46.7 Å². The molecule has 0 fully saturated rings. The summed E-state index contributed by atoms with van der Waals surface area (Å²) in [7, 11) is 0. The Morgan fingerprint density at radius 1 is 0.500 bits per heavy atom. The second kappa shape index (κ2) is 13.2. The summed E-state index contributed by atoms with van der Waals surface area (Å²) in [4.78, 5) is 21.1. The van der Waals surface area contributed by atoms with E-state index < -0.39 is 0 Å². The van der Waals surface area contributed by atoms with Crippen LogP contribution in [0.3, 0.4) is 0 Å². The van der Waals surface area contributed by atoms with Crippen LogP contribution in [0.5, 0.6) is 0 Å². The first-order valence-electron chi connectivity index (χ1n) is 15.9. The van der Waals surface area contributed by atoms with Gasteiger partial charge in [-0.3, -0.25) is 0 Å². The standard InChI is InChI=1S/C37H45N4.Pt/c1-10-22-24(12-3)32-19-34-26(14-5)28(16-7)36(40-34)21(9)37-29(17-8)27(15-6)35(41-37)20-33-25(13-4)23(11-2)31(39-33)18-30(22)38-32;/h18-20H,9-17H2,1-8H3;/q-3;. The quantitative estimate of drug-likeness (QED) is 0.216. The Morgan fingerprint density at radius 3 is 1.31 bits per heavy atom. The minimum absolute atomic E-state index is 0. The third-order valence-corrected chi connectivity index (χ3v) is 9.05. The van der Waals surface area contributed by atoms with Crippen LogP contribution >= 0.6 is 0 Å². The molecule has 2 aliphatic heterocycles. The van der Waals surface area contributed by atoms with E-state index in [2.05, 4.69) is 80.5 Å². The van der Waals surface area contributed by atoms with Gasteiger partial charge in [-0.25, -0.2) is 10.5 Å². The topological polar surface area (TPSA) is 54.0 Å². The number of aryl methyl sites for hydroxylation is 4. The molecule has 0 radical (unpaired) electrons. The van der Waals surface area contributed by atoms with E-state index in [1.54, 1.807) is 0 Å². The van der Waals surface area contributed by atoms with Gasteiger partial charge in [-0.15, -0.1) is 22.1 Å². The van der Waals surface area contributed by atoms with Crippen molar-refractivity contribution in [1.82, 2.24) is 19.9 Å². The van der Waals surface area contributed by atoms with E-state index in [1.165, 1.54) is 44.5 Å². The summed E-state index contributed by atoms with van der Waals surface area (Å²) < 4.78 is 0. The van der Waals surface area contributed by atoms with E-state index in [0.29, 0.717) is 0 Å². The largest absolute Gasteiger partial charge is 0.715 e. The third kappa shape index (κ3) is 5.15. The molecule has 3 aromatic heterocycles. The first kappa shape index (κ1) is 32.1. The van der Waals surface area contributed by atoms with Crippen LogP contribution in [-0.4, -0.2) is 9.97 Å². The van der Waals surface area contributed by atoms with Crippen molar-refractivity contribution in [2.45, 2.75) is 107 Å². The number of hydrogen-bond acceptors (Lipinski definition) is 2. The molecule has 0 aromatic carbocycles. The summed E-state index contributed by atoms with van der Waals surface area (Å²) in [5.41, 5.74) is 19.6. The van der Waals surface area contributed by atoms with E-state index >= 15 is 0 Å². The second-order valence-corrected chi connectivity index (χ2v) is 11.0. The molecule has 2 aliphatic rings. The molecule has 4 nitrogen and oxygen atoms in total. The molecule has 0 unspecified atom stereocenters. The van der Waals surface area contributed by atoms with Crippen molar-refractivity contribution in [3.63, 3.8) is 0 Å². The first-order valence-corrected chi connectivity index (χ1v) is 15.9. The zero-order valence-electron chi connectivity index (χ0n) is 26.7. The molecule has 5 rings (SSSR count). The van der Waals surface area contributed by atoms with Gasteiger partial charge in [0.05, 0.1) is 11.4 Å². The maximum absolute atomic E-state index is 5.29. The van der Waals surface area contributed by atoms with Gasteiger partial charge in [0.15, 0.2) is 0 Å². The summed E-state index contributed by atoms with van der Waals surface area (Å²) in [6.45, 7) is 22.5. The molecule has 226 valence electrons. The molecule has 3 aromatic rings. The summed E-state index contributed by atoms with van der Waals surface area (Å²) >= 11 is 0. The van der Waals surface area contributed by atoms with Gasteiger partial charge in [0.25, 0.3) is 0 Å². The fourth-order valence-corrected chi connectivity index (χ4v) is 7.10. The van der Waals surface area contributed by atoms with Crippen molar-refractivity contribution in [1.29, 1.82) is 0 Å². The van der Waals surface area contributed by atoms with Gasteiger partial charge in [-0.1, -0.05) is 95.9 Å². The van der Waals surface area contributed by atoms with Crippen molar-refractivity contribution >= 4 is 44.4 Å². The van der Waals surface area contributed by atoms with Crippen LogP contribution in [0.2, 0.25) is 0 Å². The zero-order chi connectivity index (χ0) is 29.4. The molecular weight excluding hydrogens is 696 g/mol. The minimum atomic E-state index is 0. The molecule has 8 bridgehead atoms. The van der Waals surface area contributed by atoms with Crippen molar-refractivity contribution in [2.24, 2.45) is 0 Å². The molecule has 0 atom stereocenters. The Balaban J connectivity index is 0.00000405. The second-order valence-electron chi connectivity index (χ2n) is 11.0. The minimum Gasteiger partial charge on any atom is -0.715 e. The van der Waals surface area contributed by atoms with Gasteiger partial charge in [-0.2, -0.15) is 12.5 Å². The Bertz CT molecular complexity index is 1730. The zero-order valence-corrected chi connectivity index (χ0v) is 29.0. The maximum atomic E-state index is 5.29. The van der Waals surface area contributed by atoms with Gasteiger partial charge >= 0.3 is 0 Å². The summed E-state index contributed by atoms with van der Waals surface area (Å²) in [5.74, 6) is 0. The van der Waals surface area contributed by atoms with Crippen LogP contribution in [0.25, 0.3) is 44.4 Å². The van der Waals surface area contributed by atoms with E-state index in [0.717, 1.165) is 102 Å². The third-order valence-electron chi connectivity index (χ3n) is 9.05. The van der Waals surface area contributed by atoms with Gasteiger partial charge in [0.1, 0.15) is 0 Å². The fourth-order valence-electron chi connectivity index (χ4n) is 7.10. The Morgan fingerprint density at radius 2 is 0.881 bits per heavy atom. The van der Waals surface area contributed by atoms with Gasteiger partial charge in [-0.05, 0) is 73.8 Å². The molecule has 42 heavy (non-hydrogen) atoms. The Kier molecular flexibility index (Phi) is 10.1. The SMILES string of the molecule is [CH2-]c1c2nc(cc3[n-]c(cc4nc(cc5[n-]c1c(CC)c5CC)C(CC)=C4CC)c(CC)c3CC)C(CC)=C2CC.[Pt]. The van der Waals surface area contributed by atoms with Crippen LogP contribution in [0, 0.1) is 6.92 Å². The Hall–Kier alpha value is -2.84. The molecule has 5 heteroatoms. The number of rotatable bonds is 8. The number of aromatic nitrogens is 4. The predicted octanol–water partition coefficient (Wildman–Crippen LogP) is 9.46. The van der Waals surface area contributed by atoms with Crippen molar-refractivity contribution in [2.75, 3.05) is 0 Å². The number of hydrogen-bond donors (Lipinski definition) is 0. The van der Waals surface area contributed by atoms with Crippen molar-refractivity contribution in [3.05, 3.63) is 75.7 Å². The average molecular weight is 741 g/mol. The monoisotopic (exact) mass is 740 g/mol. The molecule has 0 aliphatic carbocycles. The predicted molar refractivity (Wildman–Crippen MR) is 176 cm³/mol. The van der Waals surface area contributed by atoms with Crippen LogP contribution < -0.4 is 9.97 Å². The van der Waals surface area contributed by atoms with Crippen molar-refractivity contribution in [3.8, 4) is 0 Å². The molecular formula is C37H45N4Pt-3. The molecule has 5 heterocycles. The van der Waals surface area contributed by atoms with Crippen molar-refractivity contribution < 1.29 is 21.1 Å². The van der Waals surface area contributed by atoms with E-state index in [4.69, 9.17) is 19.9 Å². The fraction of sp³-hybridized carbons (Fsp3) is 0.432. The summed E-state index contributed by atoms with van der Waals surface area (Å²) in [6, 6.07) is 6.70. The van der Waals surface area contributed by atoms with E-state index in [1.807, 2.05) is 0 Å². The number of fused-ring (bicyclic) bond motifs is 8. The number of nitrogens with zero attached hydrogens (tertiary/aromatic N) is 4. The van der Waals surface area contributed by atoms with E-state index in [-0.39, 0.29) is 21.1 Å². The van der Waals surface area contributed by atoms with Gasteiger partial charge < -0.3 is 15.0 Å². The smallest absolute Gasteiger partial charge is 0.0660 e. The molecule has 0 saturated carbocycles. The van der Waals surface area contributed by atoms with Crippen LogP contribution in [0.4, 0.5) is 0 Å². The Labute approximate surface area is 266 Å². The van der Waals surface area contributed by atoms with Crippen LogP contribution in [0.1, 0.15) is 132 Å². The van der Waals surface area contributed by atoms with E-state index in [9.17, 15) is 0 Å². The summed E-state index contributed by atoms with van der Waals surface area (Å²) in [6.07, 6.45) is 7.42. The molecule has 0 amide bonds. The summed E-state index contributed by atoms with van der Waals surface area (Å²) in [5, 5.41) is 0. The molecule has 0 N–H and O–H groups in total. The van der Waals surface area contributed by atoms with Gasteiger partial charge in [0, 0.05) is 26.8 Å². The normalized spacial score (nSPS) is 13.2. The first-order chi connectivity index (χ1) is 19.9. The maximum Gasteiger partial charge on any atom is 0.0660 e. The average Bonchev–Trinajstić information content (AvgIpc) is 3.71. The molecule has 0 saturated heterocycles. The number of allylic oxidation sites excluding steroid dienone is 4. The van der Waals surface area contributed by atoms with Crippen LogP contribution in [0.15, 0.2) is 18.2 Å². The molecule has 0 spiro atoms.